The first kappa shape index (κ1) is 16.5. The van der Waals surface area contributed by atoms with E-state index in [1.807, 2.05) is 13.0 Å². The number of carbonyl (C=O) groups excluding carboxylic acids is 1. The predicted octanol–water partition coefficient (Wildman–Crippen LogP) is 3.08. The highest BCUT2D eigenvalue weighted by Crippen LogP contribution is 2.27. The molecule has 1 aliphatic heterocycles. The molecule has 1 heterocycles. The summed E-state index contributed by atoms with van der Waals surface area (Å²) in [5.74, 6) is 0.790. The standard InChI is InChI=1S/C20H23NO3/c1-2-20(23)16-7-9-18(10-8-16)24-14-17(22)13-21-12-11-15-5-3-4-6-19(15)21/h3-10,17,22H,2,11-14H2,1H3/t17-/m0/s1. The molecule has 126 valence electrons. The maximum Gasteiger partial charge on any atom is 0.162 e. The Kier molecular flexibility index (Phi) is 5.16. The molecule has 0 unspecified atom stereocenters. The van der Waals surface area contributed by atoms with Crippen LogP contribution in [0.3, 0.4) is 0 Å². The number of fused-ring (bicyclic) bond motifs is 1. The molecule has 0 saturated carbocycles. The molecule has 3 rings (SSSR count). The zero-order valence-electron chi connectivity index (χ0n) is 13.9. The summed E-state index contributed by atoms with van der Waals surface area (Å²) in [5.41, 5.74) is 3.24. The molecule has 4 nitrogen and oxygen atoms in total. The number of aliphatic hydroxyl groups is 1. The fraction of sp³-hybridized carbons (Fsp3) is 0.350. The van der Waals surface area contributed by atoms with Crippen LogP contribution < -0.4 is 9.64 Å². The van der Waals surface area contributed by atoms with E-state index in [0.717, 1.165) is 13.0 Å². The maximum absolute atomic E-state index is 11.6. The average molecular weight is 325 g/mol. The third-order valence-corrected chi connectivity index (χ3v) is 4.35. The first-order valence-corrected chi connectivity index (χ1v) is 8.44. The second-order valence-electron chi connectivity index (χ2n) is 6.09. The monoisotopic (exact) mass is 325 g/mol. The van der Waals surface area contributed by atoms with Crippen LogP contribution in [0.2, 0.25) is 0 Å². The van der Waals surface area contributed by atoms with Crippen molar-refractivity contribution in [3.05, 3.63) is 59.7 Å². The molecule has 0 bridgehead atoms. The van der Waals surface area contributed by atoms with Crippen molar-refractivity contribution in [1.82, 2.24) is 0 Å². The molecular formula is C20H23NO3. The Morgan fingerprint density at radius 2 is 1.96 bits per heavy atom. The summed E-state index contributed by atoms with van der Waals surface area (Å²) in [5, 5.41) is 10.3. The van der Waals surface area contributed by atoms with Gasteiger partial charge < -0.3 is 14.7 Å². The van der Waals surface area contributed by atoms with Gasteiger partial charge in [-0.3, -0.25) is 4.79 Å². The lowest BCUT2D eigenvalue weighted by molar-refractivity contribution is 0.0987. The topological polar surface area (TPSA) is 49.8 Å². The average Bonchev–Trinajstić information content (AvgIpc) is 3.03. The Labute approximate surface area is 142 Å². The van der Waals surface area contributed by atoms with E-state index < -0.39 is 6.10 Å². The number of aliphatic hydroxyl groups excluding tert-OH is 1. The molecule has 0 fully saturated rings. The molecule has 4 heteroatoms. The van der Waals surface area contributed by atoms with E-state index in [-0.39, 0.29) is 12.4 Å². The van der Waals surface area contributed by atoms with Gasteiger partial charge in [-0.1, -0.05) is 25.1 Å². The van der Waals surface area contributed by atoms with E-state index in [1.54, 1.807) is 24.3 Å². The summed E-state index contributed by atoms with van der Waals surface area (Å²) in [6.07, 6.45) is 0.959. The molecule has 2 aromatic carbocycles. The van der Waals surface area contributed by atoms with Crippen molar-refractivity contribution < 1.29 is 14.6 Å². The summed E-state index contributed by atoms with van der Waals surface area (Å²) in [7, 11) is 0. The van der Waals surface area contributed by atoms with Gasteiger partial charge in [0.1, 0.15) is 18.5 Å². The highest BCUT2D eigenvalue weighted by molar-refractivity contribution is 5.95. The zero-order valence-corrected chi connectivity index (χ0v) is 13.9. The third kappa shape index (κ3) is 3.77. The molecular weight excluding hydrogens is 302 g/mol. The number of Topliss-reactive ketones (excluding diaryl/α,β-unsaturated/α-hetero) is 1. The Balaban J connectivity index is 1.51. The number of ketones is 1. The Bertz CT molecular complexity index is 696. The quantitative estimate of drug-likeness (QED) is 0.795. The lowest BCUT2D eigenvalue weighted by atomic mass is 10.1. The van der Waals surface area contributed by atoms with E-state index in [4.69, 9.17) is 4.74 Å². The van der Waals surface area contributed by atoms with Gasteiger partial charge in [-0.2, -0.15) is 0 Å². The van der Waals surface area contributed by atoms with E-state index >= 15 is 0 Å². The van der Waals surface area contributed by atoms with Gasteiger partial charge >= 0.3 is 0 Å². The molecule has 24 heavy (non-hydrogen) atoms. The normalized spacial score (nSPS) is 14.3. The van der Waals surface area contributed by atoms with Gasteiger partial charge in [-0.25, -0.2) is 0 Å². The molecule has 2 aromatic rings. The smallest absolute Gasteiger partial charge is 0.162 e. The Morgan fingerprint density at radius 1 is 1.21 bits per heavy atom. The van der Waals surface area contributed by atoms with E-state index in [9.17, 15) is 9.90 Å². The van der Waals surface area contributed by atoms with Crippen LogP contribution >= 0.6 is 0 Å². The van der Waals surface area contributed by atoms with E-state index in [1.165, 1.54) is 11.3 Å². The number of anilines is 1. The van der Waals surface area contributed by atoms with Gasteiger partial charge in [0.2, 0.25) is 0 Å². The number of hydrogen-bond donors (Lipinski definition) is 1. The van der Waals surface area contributed by atoms with Crippen LogP contribution in [-0.2, 0) is 6.42 Å². The van der Waals surface area contributed by atoms with Crippen LogP contribution in [-0.4, -0.2) is 36.7 Å². The number of hydrogen-bond acceptors (Lipinski definition) is 4. The number of benzene rings is 2. The van der Waals surface area contributed by atoms with Crippen molar-refractivity contribution in [3.8, 4) is 5.75 Å². The Hall–Kier alpha value is -2.33. The number of ether oxygens (including phenoxy) is 1. The minimum absolute atomic E-state index is 0.120. The van der Waals surface area contributed by atoms with E-state index in [0.29, 0.717) is 24.3 Å². The molecule has 0 spiro atoms. The summed E-state index contributed by atoms with van der Waals surface area (Å²) in [4.78, 5) is 13.8. The van der Waals surface area contributed by atoms with Gasteiger partial charge in [0, 0.05) is 30.8 Å². The van der Waals surface area contributed by atoms with Crippen molar-refractivity contribution in [2.45, 2.75) is 25.9 Å². The molecule has 0 radical (unpaired) electrons. The van der Waals surface area contributed by atoms with Gasteiger partial charge in [0.05, 0.1) is 0 Å². The first-order chi connectivity index (χ1) is 11.7. The Morgan fingerprint density at radius 3 is 2.71 bits per heavy atom. The summed E-state index contributed by atoms with van der Waals surface area (Å²) < 4.78 is 5.65. The summed E-state index contributed by atoms with van der Waals surface area (Å²) >= 11 is 0. The molecule has 0 amide bonds. The number of rotatable bonds is 7. The second-order valence-corrected chi connectivity index (χ2v) is 6.09. The third-order valence-electron chi connectivity index (χ3n) is 4.35. The molecule has 1 atom stereocenters. The van der Waals surface area contributed by atoms with Crippen LogP contribution in [0.15, 0.2) is 48.5 Å². The number of β-amino-alcohol motifs (C(OH)–C–C–N with tert-alkyl or cyclic N) is 1. The van der Waals surface area contributed by atoms with Gasteiger partial charge in [0.15, 0.2) is 5.78 Å². The van der Waals surface area contributed by atoms with Gasteiger partial charge in [-0.15, -0.1) is 0 Å². The van der Waals surface area contributed by atoms with Crippen molar-refractivity contribution in [2.75, 3.05) is 24.6 Å². The highest BCUT2D eigenvalue weighted by Gasteiger charge is 2.20. The van der Waals surface area contributed by atoms with Crippen molar-refractivity contribution in [2.24, 2.45) is 0 Å². The molecule has 1 N–H and O–H groups in total. The predicted molar refractivity (Wildman–Crippen MR) is 94.9 cm³/mol. The summed E-state index contributed by atoms with van der Waals surface area (Å²) in [6.45, 7) is 3.58. The molecule has 0 aliphatic carbocycles. The van der Waals surface area contributed by atoms with Crippen molar-refractivity contribution >= 4 is 11.5 Å². The maximum atomic E-state index is 11.6. The molecule has 0 saturated heterocycles. The van der Waals surface area contributed by atoms with E-state index in [2.05, 4.69) is 23.1 Å². The van der Waals surface area contributed by atoms with Crippen LogP contribution in [0.5, 0.6) is 5.75 Å². The number of nitrogens with zero attached hydrogens (tertiary/aromatic N) is 1. The molecule has 1 aliphatic rings. The summed E-state index contributed by atoms with van der Waals surface area (Å²) in [6, 6.07) is 15.4. The minimum Gasteiger partial charge on any atom is -0.491 e. The van der Waals surface area contributed by atoms with Crippen LogP contribution in [0.4, 0.5) is 5.69 Å². The fourth-order valence-corrected chi connectivity index (χ4v) is 3.04. The highest BCUT2D eigenvalue weighted by atomic mass is 16.5. The lowest BCUT2D eigenvalue weighted by Gasteiger charge is -2.23. The van der Waals surface area contributed by atoms with Crippen LogP contribution in [0.25, 0.3) is 0 Å². The number of para-hydroxylation sites is 1. The van der Waals surface area contributed by atoms with Gasteiger partial charge in [-0.05, 0) is 42.3 Å². The minimum atomic E-state index is -0.562. The number of carbonyl (C=O) groups is 1. The second kappa shape index (κ2) is 7.49. The van der Waals surface area contributed by atoms with Crippen LogP contribution in [0.1, 0.15) is 29.3 Å². The van der Waals surface area contributed by atoms with Gasteiger partial charge in [0.25, 0.3) is 0 Å². The van der Waals surface area contributed by atoms with Crippen LogP contribution in [0, 0.1) is 0 Å². The van der Waals surface area contributed by atoms with Crippen molar-refractivity contribution in [1.29, 1.82) is 0 Å². The molecule has 0 aromatic heterocycles. The fourth-order valence-electron chi connectivity index (χ4n) is 3.04. The lowest BCUT2D eigenvalue weighted by Crippen LogP contribution is -2.34. The van der Waals surface area contributed by atoms with Crippen molar-refractivity contribution in [3.63, 3.8) is 0 Å². The SMILES string of the molecule is CCC(=O)c1ccc(OC[C@@H](O)CN2CCc3ccccc32)cc1. The largest absolute Gasteiger partial charge is 0.491 e. The first-order valence-electron chi connectivity index (χ1n) is 8.44. The zero-order chi connectivity index (χ0) is 16.9.